The Kier molecular flexibility index (Phi) is 6.18. The molecule has 0 rings (SSSR count). The summed E-state index contributed by atoms with van der Waals surface area (Å²) in [6.07, 6.45) is 2.27. The van der Waals surface area contributed by atoms with Crippen molar-refractivity contribution in [1.82, 2.24) is 5.32 Å². The van der Waals surface area contributed by atoms with Crippen LogP contribution in [0.25, 0.3) is 0 Å². The van der Waals surface area contributed by atoms with Crippen molar-refractivity contribution in [2.45, 2.75) is 46.1 Å². The predicted octanol–water partition coefficient (Wildman–Crippen LogP) is 1.70. The highest BCUT2D eigenvalue weighted by Gasteiger charge is 2.00. The summed E-state index contributed by atoms with van der Waals surface area (Å²) in [5.41, 5.74) is 0. The maximum Gasteiger partial charge on any atom is 0.220 e. The lowest BCUT2D eigenvalue weighted by Gasteiger charge is -2.06. The molecule has 0 aromatic heterocycles. The number of amides is 1. The molecule has 0 unspecified atom stereocenters. The molecule has 68 valence electrons. The highest BCUT2D eigenvalue weighted by molar-refractivity contribution is 5.76. The molecule has 0 saturated carbocycles. The third-order valence-electron chi connectivity index (χ3n) is 1.33. The van der Waals surface area contributed by atoms with E-state index in [-0.39, 0.29) is 11.9 Å². The van der Waals surface area contributed by atoms with Crippen LogP contribution in [0.5, 0.6) is 0 Å². The van der Waals surface area contributed by atoms with Gasteiger partial charge in [0.25, 0.3) is 0 Å². The highest BCUT2D eigenvalue weighted by Crippen LogP contribution is 1.94. The van der Waals surface area contributed by atoms with E-state index in [1.54, 1.807) is 0 Å². The zero-order valence-electron chi connectivity index (χ0n) is 8.11. The molecule has 0 aromatic carbocycles. The van der Waals surface area contributed by atoms with E-state index in [2.05, 4.69) is 17.2 Å². The van der Waals surface area contributed by atoms with Gasteiger partial charge in [0.2, 0.25) is 5.91 Å². The minimum Gasteiger partial charge on any atom is -0.354 e. The Bertz CT molecular complexity index is 186. The molecule has 0 radical (unpaired) electrons. The summed E-state index contributed by atoms with van der Waals surface area (Å²) >= 11 is 0. The smallest absolute Gasteiger partial charge is 0.220 e. The zero-order chi connectivity index (χ0) is 9.40. The van der Waals surface area contributed by atoms with Gasteiger partial charge in [-0.1, -0.05) is 0 Å². The van der Waals surface area contributed by atoms with Gasteiger partial charge in [0.15, 0.2) is 0 Å². The minimum absolute atomic E-state index is 0.128. The highest BCUT2D eigenvalue weighted by atomic mass is 16.1. The van der Waals surface area contributed by atoms with Gasteiger partial charge in [0, 0.05) is 18.9 Å². The van der Waals surface area contributed by atoms with E-state index < -0.39 is 0 Å². The summed E-state index contributed by atoms with van der Waals surface area (Å²) in [5.74, 6) is 5.86. The molecule has 0 fully saturated rings. The third kappa shape index (κ3) is 7.14. The van der Waals surface area contributed by atoms with Crippen molar-refractivity contribution in [3.05, 3.63) is 0 Å². The van der Waals surface area contributed by atoms with Gasteiger partial charge in [-0.15, -0.1) is 11.8 Å². The van der Waals surface area contributed by atoms with Crippen LogP contribution in [-0.4, -0.2) is 11.9 Å². The molecule has 2 nitrogen and oxygen atoms in total. The summed E-state index contributed by atoms with van der Waals surface area (Å²) in [7, 11) is 0. The van der Waals surface area contributed by atoms with Gasteiger partial charge >= 0.3 is 0 Å². The molecule has 0 spiro atoms. The van der Waals surface area contributed by atoms with E-state index in [9.17, 15) is 4.79 Å². The lowest BCUT2D eigenvalue weighted by Crippen LogP contribution is -2.29. The van der Waals surface area contributed by atoms with E-state index in [1.165, 1.54) is 0 Å². The Labute approximate surface area is 74.7 Å². The molecule has 2 heteroatoms. The lowest BCUT2D eigenvalue weighted by atomic mass is 10.2. The second-order valence-electron chi connectivity index (χ2n) is 3.00. The largest absolute Gasteiger partial charge is 0.354 e. The predicted molar refractivity (Wildman–Crippen MR) is 50.6 cm³/mol. The Balaban J connectivity index is 3.36. The van der Waals surface area contributed by atoms with E-state index in [0.29, 0.717) is 6.42 Å². The topological polar surface area (TPSA) is 29.1 Å². The SMILES string of the molecule is CC#CCCCC(=O)NC(C)C. The third-order valence-corrected chi connectivity index (χ3v) is 1.33. The molecule has 1 amide bonds. The van der Waals surface area contributed by atoms with Crippen LogP contribution in [-0.2, 0) is 4.79 Å². The standard InChI is InChI=1S/C10H17NO/c1-4-5-6-7-8-10(12)11-9(2)3/h9H,6-8H2,1-3H3,(H,11,12). The van der Waals surface area contributed by atoms with Crippen LogP contribution < -0.4 is 5.32 Å². The molecule has 0 aliphatic heterocycles. The molecular weight excluding hydrogens is 150 g/mol. The Morgan fingerprint density at radius 1 is 1.50 bits per heavy atom. The molecule has 12 heavy (non-hydrogen) atoms. The van der Waals surface area contributed by atoms with Crippen LogP contribution in [0.2, 0.25) is 0 Å². The first-order valence-corrected chi connectivity index (χ1v) is 4.35. The Morgan fingerprint density at radius 2 is 2.17 bits per heavy atom. The molecule has 1 N–H and O–H groups in total. The summed E-state index contributed by atoms with van der Waals surface area (Å²) < 4.78 is 0. The first-order chi connectivity index (χ1) is 5.66. The molecule has 0 aliphatic rings. The fourth-order valence-electron chi connectivity index (χ4n) is 0.856. The molecule has 0 atom stereocenters. The van der Waals surface area contributed by atoms with Crippen molar-refractivity contribution in [1.29, 1.82) is 0 Å². The first-order valence-electron chi connectivity index (χ1n) is 4.35. The average molecular weight is 167 g/mol. The maximum atomic E-state index is 11.1. The van der Waals surface area contributed by atoms with E-state index in [1.807, 2.05) is 20.8 Å². The molecule has 0 bridgehead atoms. The molecule has 0 saturated heterocycles. The van der Waals surface area contributed by atoms with Gasteiger partial charge in [0.05, 0.1) is 0 Å². The number of rotatable bonds is 4. The molecule has 0 aliphatic carbocycles. The molecule has 0 heterocycles. The van der Waals surface area contributed by atoms with Crippen molar-refractivity contribution in [2.24, 2.45) is 0 Å². The van der Waals surface area contributed by atoms with Gasteiger partial charge in [-0.3, -0.25) is 4.79 Å². The van der Waals surface area contributed by atoms with Gasteiger partial charge in [0.1, 0.15) is 0 Å². The first kappa shape index (κ1) is 11.0. The number of unbranched alkanes of at least 4 members (excludes halogenated alkanes) is 1. The average Bonchev–Trinajstić information content (AvgIpc) is 1.97. The minimum atomic E-state index is 0.128. The fourth-order valence-corrected chi connectivity index (χ4v) is 0.856. The molecule has 0 aromatic rings. The second-order valence-corrected chi connectivity index (χ2v) is 3.00. The number of hydrogen-bond donors (Lipinski definition) is 1. The van der Waals surface area contributed by atoms with Crippen LogP contribution in [0.3, 0.4) is 0 Å². The quantitative estimate of drug-likeness (QED) is 0.501. The number of carbonyl (C=O) groups is 1. The van der Waals surface area contributed by atoms with Crippen molar-refractivity contribution in [3.8, 4) is 11.8 Å². The van der Waals surface area contributed by atoms with E-state index in [0.717, 1.165) is 12.8 Å². The summed E-state index contributed by atoms with van der Waals surface area (Å²) in [6.45, 7) is 5.74. The van der Waals surface area contributed by atoms with Crippen molar-refractivity contribution < 1.29 is 4.79 Å². The van der Waals surface area contributed by atoms with Gasteiger partial charge in [-0.2, -0.15) is 0 Å². The van der Waals surface area contributed by atoms with Gasteiger partial charge in [-0.05, 0) is 27.2 Å². The Hall–Kier alpha value is -0.970. The van der Waals surface area contributed by atoms with Crippen LogP contribution in [0.4, 0.5) is 0 Å². The fraction of sp³-hybridized carbons (Fsp3) is 0.700. The van der Waals surface area contributed by atoms with Crippen molar-refractivity contribution in [3.63, 3.8) is 0 Å². The summed E-state index contributed by atoms with van der Waals surface area (Å²) in [6, 6.07) is 0.245. The van der Waals surface area contributed by atoms with Crippen LogP contribution >= 0.6 is 0 Å². The summed E-state index contributed by atoms with van der Waals surface area (Å²) in [4.78, 5) is 11.1. The van der Waals surface area contributed by atoms with E-state index in [4.69, 9.17) is 0 Å². The lowest BCUT2D eigenvalue weighted by molar-refractivity contribution is -0.121. The number of carbonyl (C=O) groups excluding carboxylic acids is 1. The van der Waals surface area contributed by atoms with Gasteiger partial charge < -0.3 is 5.32 Å². The van der Waals surface area contributed by atoms with Crippen molar-refractivity contribution in [2.75, 3.05) is 0 Å². The normalized spacial score (nSPS) is 9.00. The number of hydrogen-bond acceptors (Lipinski definition) is 1. The van der Waals surface area contributed by atoms with Gasteiger partial charge in [-0.25, -0.2) is 0 Å². The van der Waals surface area contributed by atoms with Crippen LogP contribution in [0.1, 0.15) is 40.0 Å². The van der Waals surface area contributed by atoms with Crippen LogP contribution in [0, 0.1) is 11.8 Å². The summed E-state index contributed by atoms with van der Waals surface area (Å²) in [5, 5.41) is 2.83. The number of nitrogens with one attached hydrogen (secondary N) is 1. The van der Waals surface area contributed by atoms with Crippen LogP contribution in [0.15, 0.2) is 0 Å². The zero-order valence-corrected chi connectivity index (χ0v) is 8.11. The van der Waals surface area contributed by atoms with E-state index >= 15 is 0 Å². The second kappa shape index (κ2) is 6.72. The Morgan fingerprint density at radius 3 is 2.67 bits per heavy atom. The van der Waals surface area contributed by atoms with Crippen molar-refractivity contribution >= 4 is 5.91 Å². The maximum absolute atomic E-state index is 11.1. The molecular formula is C10H17NO. The monoisotopic (exact) mass is 167 g/mol.